The summed E-state index contributed by atoms with van der Waals surface area (Å²) in [7, 11) is 1.47. The lowest BCUT2D eigenvalue weighted by molar-refractivity contribution is -0.0736. The molecule has 1 unspecified atom stereocenters. The van der Waals surface area contributed by atoms with E-state index in [0.717, 1.165) is 0 Å². The average Bonchev–Trinajstić information content (AvgIpc) is 2.65. The van der Waals surface area contributed by atoms with Crippen LogP contribution in [0.15, 0.2) is 35.4 Å². The highest BCUT2D eigenvalue weighted by Gasteiger charge is 2.45. The zero-order valence-corrected chi connectivity index (χ0v) is 15.1. The molecule has 0 aliphatic heterocycles. The van der Waals surface area contributed by atoms with E-state index in [9.17, 15) is 24.9 Å². The van der Waals surface area contributed by atoms with Gasteiger partial charge in [0.15, 0.2) is 11.6 Å². The molecule has 2 aromatic rings. The molecule has 0 saturated heterocycles. The summed E-state index contributed by atoms with van der Waals surface area (Å²) in [5, 5.41) is 32.3. The second-order valence-corrected chi connectivity index (χ2v) is 7.28. The van der Waals surface area contributed by atoms with Crippen LogP contribution in [0.25, 0.3) is 10.8 Å². The summed E-state index contributed by atoms with van der Waals surface area (Å²) in [6.45, 7) is 1.47. The molecule has 0 saturated carbocycles. The molecule has 6 nitrogen and oxygen atoms in total. The minimum atomic E-state index is -1.44. The number of fused-ring (bicyclic) bond motifs is 2. The summed E-state index contributed by atoms with van der Waals surface area (Å²) in [6, 6.07) is 6.72. The lowest BCUT2D eigenvalue weighted by Crippen LogP contribution is -2.45. The Morgan fingerprint density at radius 3 is 2.59 bits per heavy atom. The number of benzene rings is 2. The van der Waals surface area contributed by atoms with Gasteiger partial charge in [-0.2, -0.15) is 0 Å². The number of carbonyl (C=O) groups excluding carboxylic acids is 2. The number of methoxy groups -OCH3 is 1. The van der Waals surface area contributed by atoms with Crippen molar-refractivity contribution in [2.75, 3.05) is 7.11 Å². The quantitative estimate of drug-likeness (QED) is 0.752. The van der Waals surface area contributed by atoms with Gasteiger partial charge in [0.1, 0.15) is 11.5 Å². The Morgan fingerprint density at radius 2 is 1.93 bits per heavy atom. The fourth-order valence-electron chi connectivity index (χ4n) is 4.11. The number of phenolic OH excluding ortho intramolecular Hbond substituents is 1. The van der Waals surface area contributed by atoms with E-state index in [2.05, 4.69) is 0 Å². The molecule has 0 bridgehead atoms. The van der Waals surface area contributed by atoms with Crippen LogP contribution in [0.1, 0.15) is 46.9 Å². The molecule has 2 aromatic carbocycles. The minimum Gasteiger partial charge on any atom is -0.506 e. The molecule has 2 aliphatic carbocycles. The van der Waals surface area contributed by atoms with Gasteiger partial charge in [-0.15, -0.1) is 0 Å². The number of hydrogen-bond donors (Lipinski definition) is 3. The highest BCUT2D eigenvalue weighted by atomic mass is 16.5. The number of aliphatic hydroxyl groups excluding tert-OH is 1. The predicted molar refractivity (Wildman–Crippen MR) is 98.3 cm³/mol. The van der Waals surface area contributed by atoms with Crippen LogP contribution in [-0.4, -0.2) is 45.7 Å². The lowest BCUT2D eigenvalue weighted by atomic mass is 9.70. The minimum absolute atomic E-state index is 0.0155. The van der Waals surface area contributed by atoms with Gasteiger partial charge in [0.2, 0.25) is 0 Å². The Balaban J connectivity index is 1.94. The van der Waals surface area contributed by atoms with E-state index < -0.39 is 23.3 Å². The molecule has 0 heterocycles. The van der Waals surface area contributed by atoms with Crippen LogP contribution in [0.4, 0.5) is 0 Å². The van der Waals surface area contributed by atoms with E-state index >= 15 is 0 Å². The van der Waals surface area contributed by atoms with Crippen molar-refractivity contribution in [1.82, 2.24) is 0 Å². The first-order chi connectivity index (χ1) is 12.8. The number of ketones is 2. The molecular weight excluding hydrogens is 348 g/mol. The molecule has 0 fully saturated rings. The maximum Gasteiger partial charge on any atom is 0.193 e. The molecule has 140 valence electrons. The van der Waals surface area contributed by atoms with Gasteiger partial charge in [0.25, 0.3) is 0 Å². The lowest BCUT2D eigenvalue weighted by Gasteiger charge is -2.38. The first kappa shape index (κ1) is 17.7. The summed E-state index contributed by atoms with van der Waals surface area (Å²) in [5.74, 6) is -0.642. The number of ether oxygens (including phenoxy) is 1. The highest BCUT2D eigenvalue weighted by molar-refractivity contribution is 6.30. The van der Waals surface area contributed by atoms with Crippen molar-refractivity contribution >= 4 is 22.3 Å². The Labute approximate surface area is 155 Å². The Bertz CT molecular complexity index is 1030. The van der Waals surface area contributed by atoms with Crippen LogP contribution in [0.5, 0.6) is 11.5 Å². The van der Waals surface area contributed by atoms with Gasteiger partial charge in [-0.05, 0) is 37.3 Å². The maximum absolute atomic E-state index is 13.1. The first-order valence-corrected chi connectivity index (χ1v) is 8.83. The molecule has 2 atom stereocenters. The second-order valence-electron chi connectivity index (χ2n) is 7.28. The average molecular weight is 368 g/mol. The number of carbonyl (C=O) groups is 2. The normalized spacial score (nSPS) is 23.3. The monoisotopic (exact) mass is 368 g/mol. The van der Waals surface area contributed by atoms with E-state index in [-0.39, 0.29) is 41.7 Å². The number of allylic oxidation sites excluding steroid dienone is 1. The summed E-state index contributed by atoms with van der Waals surface area (Å²) in [6.07, 6.45) is -0.759. The molecule has 3 N–H and O–H groups in total. The number of rotatable bonds is 2. The van der Waals surface area contributed by atoms with Crippen molar-refractivity contribution in [3.05, 3.63) is 46.5 Å². The molecule has 0 spiro atoms. The molecule has 6 heteroatoms. The summed E-state index contributed by atoms with van der Waals surface area (Å²) < 4.78 is 5.29. The van der Waals surface area contributed by atoms with Crippen LogP contribution in [0, 0.1) is 0 Å². The van der Waals surface area contributed by atoms with Gasteiger partial charge < -0.3 is 20.1 Å². The van der Waals surface area contributed by atoms with E-state index in [1.54, 1.807) is 24.3 Å². The second kappa shape index (κ2) is 5.90. The SMILES string of the molecule is COc1cccc2cc3c(c(O)c12)C(=O)C1=C(C[C@@](O)(C(C)O)CC1)C3=O. The molecular formula is C21H20O6. The Morgan fingerprint density at radius 1 is 1.19 bits per heavy atom. The predicted octanol–water partition coefficient (Wildman–Crippen LogP) is 2.53. The third-order valence-electron chi connectivity index (χ3n) is 5.77. The van der Waals surface area contributed by atoms with E-state index in [1.165, 1.54) is 14.0 Å². The van der Waals surface area contributed by atoms with E-state index in [4.69, 9.17) is 4.74 Å². The summed E-state index contributed by atoms with van der Waals surface area (Å²) in [4.78, 5) is 26.2. The molecule has 0 aromatic heterocycles. The number of phenols is 1. The van der Waals surface area contributed by atoms with Crippen molar-refractivity contribution < 1.29 is 29.6 Å². The number of Topliss-reactive ketones (excluding diaryl/α,β-unsaturated/α-hetero) is 2. The van der Waals surface area contributed by atoms with Crippen molar-refractivity contribution in [1.29, 1.82) is 0 Å². The van der Waals surface area contributed by atoms with Gasteiger partial charge in [0.05, 0.1) is 29.8 Å². The van der Waals surface area contributed by atoms with Crippen molar-refractivity contribution in [2.24, 2.45) is 0 Å². The topological polar surface area (TPSA) is 104 Å². The number of hydrogen-bond acceptors (Lipinski definition) is 6. The Hall–Kier alpha value is -2.70. The van der Waals surface area contributed by atoms with Crippen molar-refractivity contribution in [3.63, 3.8) is 0 Å². The van der Waals surface area contributed by atoms with Crippen LogP contribution in [0.3, 0.4) is 0 Å². The zero-order valence-electron chi connectivity index (χ0n) is 15.1. The van der Waals surface area contributed by atoms with Crippen LogP contribution >= 0.6 is 0 Å². The largest absolute Gasteiger partial charge is 0.506 e. The molecule has 27 heavy (non-hydrogen) atoms. The van der Waals surface area contributed by atoms with Crippen molar-refractivity contribution in [2.45, 2.75) is 37.9 Å². The summed E-state index contributed by atoms with van der Waals surface area (Å²) in [5.41, 5.74) is -0.801. The number of aliphatic hydroxyl groups is 2. The zero-order chi connectivity index (χ0) is 19.5. The van der Waals surface area contributed by atoms with Gasteiger partial charge in [0, 0.05) is 23.1 Å². The molecule has 0 amide bonds. The highest BCUT2D eigenvalue weighted by Crippen LogP contribution is 2.46. The number of aromatic hydroxyl groups is 1. The molecule has 2 aliphatic rings. The third-order valence-corrected chi connectivity index (χ3v) is 5.77. The van der Waals surface area contributed by atoms with Crippen LogP contribution in [0.2, 0.25) is 0 Å². The fraction of sp³-hybridized carbons (Fsp3) is 0.333. The van der Waals surface area contributed by atoms with E-state index in [1.807, 2.05) is 0 Å². The van der Waals surface area contributed by atoms with Gasteiger partial charge >= 0.3 is 0 Å². The van der Waals surface area contributed by atoms with Gasteiger partial charge in [-0.1, -0.05) is 12.1 Å². The Kier molecular flexibility index (Phi) is 3.87. The van der Waals surface area contributed by atoms with Gasteiger partial charge in [-0.3, -0.25) is 9.59 Å². The molecule has 0 radical (unpaired) electrons. The van der Waals surface area contributed by atoms with E-state index in [0.29, 0.717) is 22.1 Å². The fourth-order valence-corrected chi connectivity index (χ4v) is 4.11. The standard InChI is InChI=1S/C21H20O6/c1-10(22)21(26)7-6-12-14(9-21)18(23)13-8-11-4-3-5-15(27-2)16(11)20(25)17(13)19(12)24/h3-5,8,10,22,25-26H,6-7,9H2,1-2H3/t10?,21-/m1/s1. The van der Waals surface area contributed by atoms with Gasteiger partial charge in [-0.25, -0.2) is 0 Å². The smallest absolute Gasteiger partial charge is 0.193 e. The van der Waals surface area contributed by atoms with Crippen LogP contribution in [-0.2, 0) is 0 Å². The van der Waals surface area contributed by atoms with Crippen LogP contribution < -0.4 is 4.74 Å². The third kappa shape index (κ3) is 2.40. The first-order valence-electron chi connectivity index (χ1n) is 8.83. The molecule has 4 rings (SSSR count). The maximum atomic E-state index is 13.1. The summed E-state index contributed by atoms with van der Waals surface area (Å²) >= 11 is 0. The van der Waals surface area contributed by atoms with Crippen molar-refractivity contribution in [3.8, 4) is 11.5 Å².